The number of carbonyl (C=O) groups is 1. The Labute approximate surface area is 89.0 Å². The Morgan fingerprint density at radius 1 is 1.40 bits per heavy atom. The van der Waals surface area contributed by atoms with E-state index in [1.54, 1.807) is 7.11 Å². The molecule has 80 valence electrons. The van der Waals surface area contributed by atoms with Gasteiger partial charge in [-0.2, -0.15) is 0 Å². The lowest BCUT2D eigenvalue weighted by Crippen LogP contribution is -1.98. The molecule has 0 heterocycles. The Bertz CT molecular complexity index is 331. The highest BCUT2D eigenvalue weighted by Gasteiger charge is 2.37. The van der Waals surface area contributed by atoms with Crippen LogP contribution in [0.15, 0.2) is 24.3 Å². The predicted octanol–water partition coefficient (Wildman–Crippen LogP) is 1.97. The zero-order valence-electron chi connectivity index (χ0n) is 8.68. The molecule has 0 aliphatic heterocycles. The molecule has 0 unspecified atom stereocenters. The third kappa shape index (κ3) is 2.36. The number of rotatable bonds is 5. The van der Waals surface area contributed by atoms with Gasteiger partial charge in [0.25, 0.3) is 0 Å². The molecule has 1 aromatic carbocycles. The van der Waals surface area contributed by atoms with Gasteiger partial charge in [0.05, 0.1) is 0 Å². The van der Waals surface area contributed by atoms with Crippen LogP contribution in [0.2, 0.25) is 0 Å². The number of ether oxygens (including phenoxy) is 2. The lowest BCUT2D eigenvalue weighted by atomic mass is 10.1. The zero-order chi connectivity index (χ0) is 10.7. The fourth-order valence-electron chi connectivity index (χ4n) is 1.69. The molecule has 3 nitrogen and oxygen atoms in total. The first kappa shape index (κ1) is 10.2. The van der Waals surface area contributed by atoms with Crippen molar-refractivity contribution >= 4 is 6.29 Å². The molecule has 0 aromatic heterocycles. The van der Waals surface area contributed by atoms with Crippen LogP contribution in [-0.2, 0) is 9.53 Å². The molecule has 0 radical (unpaired) electrons. The summed E-state index contributed by atoms with van der Waals surface area (Å²) in [4.78, 5) is 10.5. The summed E-state index contributed by atoms with van der Waals surface area (Å²) in [5.41, 5.74) is 1.22. The highest BCUT2D eigenvalue weighted by molar-refractivity contribution is 5.61. The molecule has 2 rings (SSSR count). The summed E-state index contributed by atoms with van der Waals surface area (Å²) >= 11 is 0. The second kappa shape index (κ2) is 4.45. The molecule has 15 heavy (non-hydrogen) atoms. The normalized spacial score (nSPS) is 23.5. The minimum Gasteiger partial charge on any atom is -0.468 e. The van der Waals surface area contributed by atoms with Crippen LogP contribution in [-0.4, -0.2) is 20.2 Å². The number of hydrogen-bond donors (Lipinski definition) is 0. The summed E-state index contributed by atoms with van der Waals surface area (Å²) in [5, 5.41) is 0. The molecule has 3 heteroatoms. The number of methoxy groups -OCH3 is 1. The molecule has 1 aromatic rings. The van der Waals surface area contributed by atoms with Crippen LogP contribution in [0.1, 0.15) is 17.9 Å². The molecular formula is C12H14O3. The van der Waals surface area contributed by atoms with E-state index in [1.807, 2.05) is 24.3 Å². The van der Waals surface area contributed by atoms with E-state index in [1.165, 1.54) is 5.56 Å². The van der Waals surface area contributed by atoms with E-state index < -0.39 is 0 Å². The van der Waals surface area contributed by atoms with Crippen LogP contribution in [0, 0.1) is 5.92 Å². The van der Waals surface area contributed by atoms with Gasteiger partial charge in [-0.05, 0) is 30.0 Å². The third-order valence-corrected chi connectivity index (χ3v) is 2.67. The van der Waals surface area contributed by atoms with E-state index >= 15 is 0 Å². The molecule has 1 fully saturated rings. The average Bonchev–Trinajstić information content (AvgIpc) is 3.06. The highest BCUT2D eigenvalue weighted by Crippen LogP contribution is 2.46. The van der Waals surface area contributed by atoms with E-state index in [9.17, 15) is 4.79 Å². The van der Waals surface area contributed by atoms with Crippen molar-refractivity contribution in [3.05, 3.63) is 29.8 Å². The van der Waals surface area contributed by atoms with Gasteiger partial charge in [-0.1, -0.05) is 12.1 Å². The lowest BCUT2D eigenvalue weighted by molar-refractivity contribution is -0.108. The van der Waals surface area contributed by atoms with Crippen molar-refractivity contribution < 1.29 is 14.3 Å². The smallest absolute Gasteiger partial charge is 0.188 e. The molecule has 1 aliphatic rings. The Morgan fingerprint density at radius 2 is 2.13 bits per heavy atom. The van der Waals surface area contributed by atoms with Crippen LogP contribution < -0.4 is 4.74 Å². The van der Waals surface area contributed by atoms with Gasteiger partial charge in [0, 0.05) is 13.0 Å². The van der Waals surface area contributed by atoms with Crippen molar-refractivity contribution in [2.24, 2.45) is 5.92 Å². The minimum atomic E-state index is 0.232. The monoisotopic (exact) mass is 206 g/mol. The average molecular weight is 206 g/mol. The van der Waals surface area contributed by atoms with E-state index in [0.29, 0.717) is 5.92 Å². The maximum absolute atomic E-state index is 10.5. The summed E-state index contributed by atoms with van der Waals surface area (Å²) in [6.07, 6.45) is 2.03. The topological polar surface area (TPSA) is 35.5 Å². The Hall–Kier alpha value is -1.35. The molecule has 0 saturated heterocycles. The first-order valence-electron chi connectivity index (χ1n) is 5.02. The fourth-order valence-corrected chi connectivity index (χ4v) is 1.69. The van der Waals surface area contributed by atoms with Crippen molar-refractivity contribution in [2.75, 3.05) is 13.9 Å². The summed E-state index contributed by atoms with van der Waals surface area (Å²) in [6, 6.07) is 7.85. The van der Waals surface area contributed by atoms with Crippen molar-refractivity contribution in [3.63, 3.8) is 0 Å². The largest absolute Gasteiger partial charge is 0.468 e. The second-order valence-corrected chi connectivity index (χ2v) is 3.76. The first-order chi connectivity index (χ1) is 7.35. The zero-order valence-corrected chi connectivity index (χ0v) is 8.68. The lowest BCUT2D eigenvalue weighted by Gasteiger charge is -2.05. The maximum atomic E-state index is 10.5. The summed E-state index contributed by atoms with van der Waals surface area (Å²) in [6.45, 7) is 0.264. The van der Waals surface area contributed by atoms with Gasteiger partial charge in [-0.15, -0.1) is 0 Å². The Balaban J connectivity index is 1.95. The van der Waals surface area contributed by atoms with Gasteiger partial charge in [-0.25, -0.2) is 0 Å². The van der Waals surface area contributed by atoms with Crippen LogP contribution in [0.3, 0.4) is 0 Å². The third-order valence-electron chi connectivity index (χ3n) is 2.67. The van der Waals surface area contributed by atoms with Crippen molar-refractivity contribution in [2.45, 2.75) is 12.3 Å². The van der Waals surface area contributed by atoms with Crippen molar-refractivity contribution in [3.8, 4) is 5.75 Å². The Morgan fingerprint density at radius 3 is 2.67 bits per heavy atom. The van der Waals surface area contributed by atoms with Gasteiger partial charge < -0.3 is 14.3 Å². The SMILES string of the molecule is COCOc1ccc([C@H]2C[C@H]2C=O)cc1. The molecule has 0 N–H and O–H groups in total. The number of aldehydes is 1. The van der Waals surface area contributed by atoms with E-state index in [4.69, 9.17) is 9.47 Å². The van der Waals surface area contributed by atoms with Crippen molar-refractivity contribution in [1.29, 1.82) is 0 Å². The maximum Gasteiger partial charge on any atom is 0.188 e. The molecule has 1 aliphatic carbocycles. The molecule has 0 amide bonds. The van der Waals surface area contributed by atoms with Crippen LogP contribution in [0.5, 0.6) is 5.75 Å². The highest BCUT2D eigenvalue weighted by atomic mass is 16.7. The van der Waals surface area contributed by atoms with Crippen molar-refractivity contribution in [1.82, 2.24) is 0 Å². The molecular weight excluding hydrogens is 192 g/mol. The van der Waals surface area contributed by atoms with Crippen LogP contribution >= 0.6 is 0 Å². The van der Waals surface area contributed by atoms with Crippen LogP contribution in [0.4, 0.5) is 0 Å². The number of benzene rings is 1. The minimum absolute atomic E-state index is 0.232. The number of hydrogen-bond acceptors (Lipinski definition) is 3. The second-order valence-electron chi connectivity index (χ2n) is 3.76. The van der Waals surface area contributed by atoms with E-state index in [-0.39, 0.29) is 12.7 Å². The van der Waals surface area contributed by atoms with Gasteiger partial charge in [0.1, 0.15) is 12.0 Å². The summed E-state index contributed by atoms with van der Waals surface area (Å²) < 4.78 is 10.1. The summed E-state index contributed by atoms with van der Waals surface area (Å²) in [7, 11) is 1.59. The number of carbonyl (C=O) groups excluding carboxylic acids is 1. The van der Waals surface area contributed by atoms with Crippen LogP contribution in [0.25, 0.3) is 0 Å². The quantitative estimate of drug-likeness (QED) is 0.545. The first-order valence-corrected chi connectivity index (χ1v) is 5.02. The predicted molar refractivity (Wildman–Crippen MR) is 55.9 cm³/mol. The molecule has 0 bridgehead atoms. The fraction of sp³-hybridized carbons (Fsp3) is 0.417. The standard InChI is InChI=1S/C12H14O3/c1-14-8-15-11-4-2-9(3-5-11)12-6-10(12)7-13/h2-5,7,10,12H,6,8H2,1H3/t10-,12+/m0/s1. The van der Waals surface area contributed by atoms with Gasteiger partial charge in [0.2, 0.25) is 0 Å². The van der Waals surface area contributed by atoms with E-state index in [2.05, 4.69) is 0 Å². The summed E-state index contributed by atoms with van der Waals surface area (Å²) in [5.74, 6) is 1.46. The molecule has 0 spiro atoms. The van der Waals surface area contributed by atoms with Gasteiger partial charge in [0.15, 0.2) is 6.79 Å². The molecule has 1 saturated carbocycles. The Kier molecular flexibility index (Phi) is 3.02. The molecule has 2 atom stereocenters. The van der Waals surface area contributed by atoms with Gasteiger partial charge >= 0.3 is 0 Å². The van der Waals surface area contributed by atoms with E-state index in [0.717, 1.165) is 18.5 Å². The van der Waals surface area contributed by atoms with Gasteiger partial charge in [-0.3, -0.25) is 0 Å².